The quantitative estimate of drug-likeness (QED) is 0.603. The van der Waals surface area contributed by atoms with Crippen LogP contribution in [-0.4, -0.2) is 49.7 Å². The van der Waals surface area contributed by atoms with Crippen molar-refractivity contribution >= 4 is 28.7 Å². The molecule has 0 aliphatic rings. The van der Waals surface area contributed by atoms with E-state index in [-0.39, 0.29) is 36.8 Å². The maximum Gasteiger partial charge on any atom is 0.223 e. The van der Waals surface area contributed by atoms with Crippen LogP contribution < -0.4 is 10.6 Å². The second-order valence-electron chi connectivity index (χ2n) is 3.64. The largest absolute Gasteiger partial charge is 0.410 e. The molecule has 8 nitrogen and oxygen atoms in total. The summed E-state index contributed by atoms with van der Waals surface area (Å²) in [6.45, 7) is -0.248. The molecular weight excluding hydrogens is 262 g/mol. The average molecular weight is 274 g/mol. The van der Waals surface area contributed by atoms with Crippen molar-refractivity contribution in [3.63, 3.8) is 0 Å². The Labute approximate surface area is 107 Å². The lowest BCUT2D eigenvalue weighted by Crippen LogP contribution is -2.24. The highest BCUT2D eigenvalue weighted by atomic mass is 35.5. The highest BCUT2D eigenvalue weighted by Gasteiger charge is 2.13. The van der Waals surface area contributed by atoms with Gasteiger partial charge in [0.25, 0.3) is 0 Å². The number of hydrogen-bond donors (Lipinski definition) is 3. The van der Waals surface area contributed by atoms with E-state index in [0.717, 1.165) is 0 Å². The molecule has 0 aromatic carbocycles. The molecule has 98 valence electrons. The number of rotatable bonds is 5. The van der Waals surface area contributed by atoms with Crippen LogP contribution in [0.5, 0.6) is 0 Å². The van der Waals surface area contributed by atoms with Gasteiger partial charge >= 0.3 is 0 Å². The Kier molecular flexibility index (Phi) is 3.80. The molecule has 18 heavy (non-hydrogen) atoms. The zero-order valence-corrected chi connectivity index (χ0v) is 10.1. The molecule has 9 heteroatoms. The molecule has 2 aromatic heterocycles. The number of nitrogens with two attached hydrogens (primary N) is 1. The molecule has 0 aliphatic carbocycles. The van der Waals surface area contributed by atoms with Crippen LogP contribution in [0.3, 0.4) is 0 Å². The normalized spacial score (nSPS) is 11.3. The van der Waals surface area contributed by atoms with Crippen LogP contribution in [0, 0.1) is 5.92 Å². The fraction of sp³-hybridized carbons (Fsp3) is 0.444. The summed E-state index contributed by atoms with van der Waals surface area (Å²) < 4.78 is 1.28. The molecule has 0 fully saturated rings. The Balaban J connectivity index is 2.24. The van der Waals surface area contributed by atoms with Gasteiger partial charge in [-0.3, -0.25) is 0 Å². The first-order valence-electron chi connectivity index (χ1n) is 5.16. The number of fused-ring (bicyclic) bond motifs is 1. The third-order valence-electron chi connectivity index (χ3n) is 2.31. The van der Waals surface area contributed by atoms with Gasteiger partial charge in [-0.05, 0) is 0 Å². The highest BCUT2D eigenvalue weighted by Crippen LogP contribution is 2.18. The van der Waals surface area contributed by atoms with Gasteiger partial charge < -0.3 is 20.8 Å². The van der Waals surface area contributed by atoms with Crippen molar-refractivity contribution in [1.82, 2.24) is 19.7 Å². The molecule has 0 bridgehead atoms. The molecule has 0 unspecified atom stereocenters. The van der Waals surface area contributed by atoms with Gasteiger partial charge in [-0.1, -0.05) is 11.6 Å². The molecular formula is C9H12ClN5O3. The molecule has 4 N–H and O–H groups in total. The second kappa shape index (κ2) is 5.34. The summed E-state index contributed by atoms with van der Waals surface area (Å²) in [5.41, 5.74) is 6.18. The first kappa shape index (κ1) is 12.8. The van der Waals surface area contributed by atoms with E-state index in [4.69, 9.17) is 32.4 Å². The Morgan fingerprint density at radius 2 is 2.11 bits per heavy atom. The first-order valence-corrected chi connectivity index (χ1v) is 5.54. The van der Waals surface area contributed by atoms with E-state index in [2.05, 4.69) is 15.0 Å². The van der Waals surface area contributed by atoms with Crippen molar-refractivity contribution in [1.29, 1.82) is 0 Å². The van der Waals surface area contributed by atoms with Gasteiger partial charge in [0.1, 0.15) is 18.5 Å². The summed E-state index contributed by atoms with van der Waals surface area (Å²) in [6.07, 6.45) is 1.37. The molecule has 0 radical (unpaired) electrons. The number of anilines is 1. The van der Waals surface area contributed by atoms with Crippen molar-refractivity contribution in [3.05, 3.63) is 11.5 Å². The van der Waals surface area contributed by atoms with Crippen LogP contribution in [0.2, 0.25) is 5.15 Å². The predicted octanol–water partition coefficient (Wildman–Crippen LogP) is -0.909. The fourth-order valence-electron chi connectivity index (χ4n) is 1.31. The predicted molar refractivity (Wildman–Crippen MR) is 63.9 cm³/mol. The first-order chi connectivity index (χ1) is 8.65. The molecule has 2 heterocycles. The number of halogens is 1. The highest BCUT2D eigenvalue weighted by molar-refractivity contribution is 6.33. The summed E-state index contributed by atoms with van der Waals surface area (Å²) in [6, 6.07) is 0. The van der Waals surface area contributed by atoms with Crippen molar-refractivity contribution in [2.45, 2.75) is 0 Å². The minimum Gasteiger partial charge on any atom is -0.410 e. The Morgan fingerprint density at radius 1 is 1.39 bits per heavy atom. The van der Waals surface area contributed by atoms with Crippen LogP contribution in [0.25, 0.3) is 11.2 Å². The third-order valence-corrected chi connectivity index (χ3v) is 2.57. The summed E-state index contributed by atoms with van der Waals surface area (Å²) in [7, 11) is 0. The summed E-state index contributed by atoms with van der Waals surface area (Å²) in [5.74, 6) is -0.365. The number of aromatic nitrogens is 4. The maximum atomic E-state index is 8.92. The summed E-state index contributed by atoms with van der Waals surface area (Å²) >= 11 is 5.85. The van der Waals surface area contributed by atoms with Crippen molar-refractivity contribution in [2.24, 2.45) is 5.92 Å². The Morgan fingerprint density at radius 3 is 2.78 bits per heavy atom. The minimum absolute atomic E-state index is 0.0127. The number of aliphatic hydroxyl groups is 2. The van der Waals surface area contributed by atoms with Crippen LogP contribution in [0.4, 0.5) is 5.95 Å². The van der Waals surface area contributed by atoms with Crippen LogP contribution in [-0.2, 0) is 0 Å². The van der Waals surface area contributed by atoms with E-state index in [1.807, 2.05) is 0 Å². The zero-order chi connectivity index (χ0) is 13.1. The molecule has 2 rings (SSSR count). The molecule has 0 aliphatic heterocycles. The van der Waals surface area contributed by atoms with Gasteiger partial charge in [-0.25, -0.2) is 4.98 Å². The standard InChI is InChI=1S/C9H12ClN5O3/c10-7-6-8(14-9(11)13-7)15(4-12-6)18-3-5(1-16)2-17/h4-5,16-17H,1-3H2,(H2,11,13,14). The molecule has 0 saturated heterocycles. The van der Waals surface area contributed by atoms with Gasteiger partial charge in [0.15, 0.2) is 5.15 Å². The van der Waals surface area contributed by atoms with Crippen LogP contribution in [0.1, 0.15) is 0 Å². The van der Waals surface area contributed by atoms with Gasteiger partial charge in [0.2, 0.25) is 11.6 Å². The number of aliphatic hydroxyl groups excluding tert-OH is 2. The molecule has 0 amide bonds. The molecule has 0 atom stereocenters. The van der Waals surface area contributed by atoms with Crippen molar-refractivity contribution in [3.8, 4) is 0 Å². The molecule has 0 spiro atoms. The van der Waals surface area contributed by atoms with Crippen LogP contribution >= 0.6 is 11.6 Å². The lowest BCUT2D eigenvalue weighted by atomic mass is 10.2. The van der Waals surface area contributed by atoms with E-state index in [9.17, 15) is 0 Å². The lowest BCUT2D eigenvalue weighted by Gasteiger charge is -2.12. The average Bonchev–Trinajstić information content (AvgIpc) is 2.74. The topological polar surface area (TPSA) is 119 Å². The van der Waals surface area contributed by atoms with Crippen LogP contribution in [0.15, 0.2) is 6.33 Å². The molecule has 0 saturated carbocycles. The Hall–Kier alpha value is -1.64. The van der Waals surface area contributed by atoms with Crippen molar-refractivity contribution < 1.29 is 15.1 Å². The van der Waals surface area contributed by atoms with E-state index >= 15 is 0 Å². The van der Waals surface area contributed by atoms with E-state index in [1.165, 1.54) is 11.1 Å². The number of nitrogens with zero attached hydrogens (tertiary/aromatic N) is 4. The third kappa shape index (κ3) is 2.45. The minimum atomic E-state index is -0.378. The van der Waals surface area contributed by atoms with Gasteiger partial charge in [-0.15, -0.1) is 0 Å². The SMILES string of the molecule is Nc1nc(Cl)c2ncn(OCC(CO)CO)c2n1. The summed E-state index contributed by atoms with van der Waals surface area (Å²) in [5, 5.41) is 18.0. The van der Waals surface area contributed by atoms with E-state index in [1.54, 1.807) is 0 Å². The Bertz CT molecular complexity index is 542. The fourth-order valence-corrected chi connectivity index (χ4v) is 1.52. The number of hydrogen-bond acceptors (Lipinski definition) is 7. The zero-order valence-electron chi connectivity index (χ0n) is 9.32. The lowest BCUT2D eigenvalue weighted by molar-refractivity contribution is 0.0388. The van der Waals surface area contributed by atoms with Gasteiger partial charge in [0, 0.05) is 5.92 Å². The van der Waals surface area contributed by atoms with E-state index < -0.39 is 0 Å². The maximum absolute atomic E-state index is 8.92. The number of nitrogen functional groups attached to an aromatic ring is 1. The van der Waals surface area contributed by atoms with Gasteiger partial charge in [0.05, 0.1) is 13.2 Å². The second-order valence-corrected chi connectivity index (χ2v) is 4.00. The monoisotopic (exact) mass is 273 g/mol. The van der Waals surface area contributed by atoms with Crippen molar-refractivity contribution in [2.75, 3.05) is 25.6 Å². The van der Waals surface area contributed by atoms with E-state index in [0.29, 0.717) is 11.2 Å². The smallest absolute Gasteiger partial charge is 0.223 e. The number of imidazole rings is 1. The van der Waals surface area contributed by atoms with Gasteiger partial charge in [-0.2, -0.15) is 14.7 Å². The molecule has 2 aromatic rings. The summed E-state index contributed by atoms with van der Waals surface area (Å²) in [4.78, 5) is 17.1.